The number of rotatable bonds is 1. The summed E-state index contributed by atoms with van der Waals surface area (Å²) in [5.74, 6) is -0.770. The Morgan fingerprint density at radius 2 is 2.25 bits per heavy atom. The standard InChI is InChI=1S/C5H6N4O3/c1-12-4-2(9-6)3(10)7-5(11)8-4/h4H,1H3,(H2,7,8,10,11)/t4-/m0/s1. The minimum Gasteiger partial charge on any atom is -0.361 e. The molecule has 12 heavy (non-hydrogen) atoms. The molecule has 3 amide bonds. The Morgan fingerprint density at radius 1 is 1.58 bits per heavy atom. The van der Waals surface area contributed by atoms with Gasteiger partial charge in [-0.05, 0) is 0 Å². The number of ether oxygens (including phenoxy) is 1. The Balaban J connectivity index is 2.92. The van der Waals surface area contributed by atoms with Crippen LogP contribution >= 0.6 is 0 Å². The average Bonchev–Trinajstić information content (AvgIpc) is 2.03. The predicted octanol–water partition coefficient (Wildman–Crippen LogP) is -1.53. The lowest BCUT2D eigenvalue weighted by Gasteiger charge is -2.16. The van der Waals surface area contributed by atoms with Gasteiger partial charge in [0.05, 0.1) is 0 Å². The van der Waals surface area contributed by atoms with Crippen LogP contribution in [0.15, 0.2) is 0 Å². The van der Waals surface area contributed by atoms with E-state index in [1.54, 1.807) is 0 Å². The fourth-order valence-electron chi connectivity index (χ4n) is 0.778. The van der Waals surface area contributed by atoms with E-state index in [0.717, 1.165) is 0 Å². The summed E-state index contributed by atoms with van der Waals surface area (Å²) < 4.78 is 4.65. The highest BCUT2D eigenvalue weighted by Gasteiger charge is 2.38. The molecule has 0 saturated carbocycles. The van der Waals surface area contributed by atoms with Crippen molar-refractivity contribution in [2.45, 2.75) is 6.23 Å². The lowest BCUT2D eigenvalue weighted by atomic mass is 10.2. The van der Waals surface area contributed by atoms with E-state index in [1.165, 1.54) is 7.11 Å². The molecule has 1 saturated heterocycles. The zero-order valence-corrected chi connectivity index (χ0v) is 6.20. The van der Waals surface area contributed by atoms with Crippen LogP contribution in [0.2, 0.25) is 0 Å². The topological polar surface area (TPSA) is 104 Å². The summed E-state index contributed by atoms with van der Waals surface area (Å²) in [6.45, 7) is 0. The van der Waals surface area contributed by atoms with Crippen LogP contribution in [0.1, 0.15) is 0 Å². The van der Waals surface area contributed by atoms with Crippen molar-refractivity contribution < 1.29 is 19.1 Å². The van der Waals surface area contributed by atoms with Crippen LogP contribution in [0.3, 0.4) is 0 Å². The van der Waals surface area contributed by atoms with Gasteiger partial charge in [0.25, 0.3) is 0 Å². The fourth-order valence-corrected chi connectivity index (χ4v) is 0.778. The van der Waals surface area contributed by atoms with Gasteiger partial charge in [-0.3, -0.25) is 10.1 Å². The second-order valence-electron chi connectivity index (χ2n) is 2.03. The van der Waals surface area contributed by atoms with Crippen molar-refractivity contribution in [3.05, 3.63) is 5.53 Å². The molecule has 7 nitrogen and oxygen atoms in total. The second kappa shape index (κ2) is 3.12. The van der Waals surface area contributed by atoms with Gasteiger partial charge in [-0.2, -0.15) is 4.79 Å². The second-order valence-corrected chi connectivity index (χ2v) is 2.03. The molecule has 0 bridgehead atoms. The Labute approximate surface area is 67.3 Å². The van der Waals surface area contributed by atoms with Crippen LogP contribution in [-0.2, 0) is 9.53 Å². The van der Waals surface area contributed by atoms with Crippen LogP contribution in [-0.4, -0.2) is 35.8 Å². The number of urea groups is 1. The third-order valence-electron chi connectivity index (χ3n) is 1.31. The van der Waals surface area contributed by atoms with E-state index in [-0.39, 0.29) is 5.71 Å². The van der Waals surface area contributed by atoms with Crippen molar-refractivity contribution >= 4 is 17.6 Å². The first-order chi connectivity index (χ1) is 5.69. The molecule has 0 aliphatic carbocycles. The first-order valence-electron chi connectivity index (χ1n) is 3.05. The third kappa shape index (κ3) is 1.31. The summed E-state index contributed by atoms with van der Waals surface area (Å²) in [5.41, 5.74) is 8.06. The molecule has 1 aliphatic rings. The number of hydrogen-bond acceptors (Lipinski definition) is 3. The molecular weight excluding hydrogens is 164 g/mol. The van der Waals surface area contributed by atoms with Crippen LogP contribution in [0.5, 0.6) is 0 Å². The maximum atomic E-state index is 10.9. The summed E-state index contributed by atoms with van der Waals surface area (Å²) in [4.78, 5) is 24.2. The van der Waals surface area contributed by atoms with Crippen molar-refractivity contribution in [3.8, 4) is 0 Å². The normalized spacial score (nSPS) is 22.8. The average molecular weight is 170 g/mol. The molecule has 0 spiro atoms. The molecular formula is C5H6N4O3. The highest BCUT2D eigenvalue weighted by molar-refractivity contribution is 6.42. The highest BCUT2D eigenvalue weighted by Crippen LogP contribution is 1.93. The molecule has 7 heteroatoms. The van der Waals surface area contributed by atoms with Crippen molar-refractivity contribution in [1.82, 2.24) is 10.6 Å². The Hall–Kier alpha value is -1.72. The smallest absolute Gasteiger partial charge is 0.361 e. The Bertz CT molecular complexity index is 280. The molecule has 1 atom stereocenters. The molecule has 2 N–H and O–H groups in total. The van der Waals surface area contributed by atoms with Crippen LogP contribution in [0.4, 0.5) is 4.79 Å². The van der Waals surface area contributed by atoms with Gasteiger partial charge in [0.1, 0.15) is 0 Å². The Morgan fingerprint density at radius 3 is 2.75 bits per heavy atom. The highest BCUT2D eigenvalue weighted by atomic mass is 16.5. The molecule has 0 aromatic heterocycles. The molecule has 1 fully saturated rings. The summed E-state index contributed by atoms with van der Waals surface area (Å²) in [5, 5.41) is 4.10. The van der Waals surface area contributed by atoms with Crippen molar-refractivity contribution in [3.63, 3.8) is 0 Å². The predicted molar refractivity (Wildman–Crippen MR) is 36.1 cm³/mol. The maximum Gasteiger partial charge on any atom is 0.405 e. The first kappa shape index (κ1) is 8.38. The van der Waals surface area contributed by atoms with Crippen molar-refractivity contribution in [1.29, 1.82) is 0 Å². The summed E-state index contributed by atoms with van der Waals surface area (Å²) in [6.07, 6.45) is -0.990. The van der Waals surface area contributed by atoms with E-state index in [9.17, 15) is 9.59 Å². The molecule has 0 aromatic carbocycles. The largest absolute Gasteiger partial charge is 0.405 e. The van der Waals surface area contributed by atoms with Crippen LogP contribution in [0.25, 0.3) is 5.53 Å². The van der Waals surface area contributed by atoms with E-state index in [4.69, 9.17) is 5.53 Å². The van der Waals surface area contributed by atoms with Gasteiger partial charge in [-0.1, -0.05) is 0 Å². The minimum absolute atomic E-state index is 0.280. The molecule has 1 rings (SSSR count). The van der Waals surface area contributed by atoms with Gasteiger partial charge >= 0.3 is 17.6 Å². The van der Waals surface area contributed by atoms with E-state index in [2.05, 4.69) is 14.8 Å². The van der Waals surface area contributed by atoms with Gasteiger partial charge in [0, 0.05) is 7.11 Å². The number of hydrogen-bond donors (Lipinski definition) is 2. The molecule has 0 radical (unpaired) electrons. The number of nitrogens with one attached hydrogen (secondary N) is 2. The lowest BCUT2D eigenvalue weighted by molar-refractivity contribution is -0.121. The number of nitrogens with zero attached hydrogens (tertiary/aromatic N) is 2. The van der Waals surface area contributed by atoms with Gasteiger partial charge in [0.2, 0.25) is 6.23 Å². The maximum absolute atomic E-state index is 10.9. The van der Waals surface area contributed by atoms with Gasteiger partial charge in [-0.25, -0.2) is 4.79 Å². The molecule has 1 heterocycles. The van der Waals surface area contributed by atoms with Crippen LogP contribution in [0, 0.1) is 0 Å². The van der Waals surface area contributed by atoms with Gasteiger partial charge in [0.15, 0.2) is 0 Å². The summed E-state index contributed by atoms with van der Waals surface area (Å²) in [6, 6.07) is -0.681. The minimum atomic E-state index is -0.990. The number of carbonyl (C=O) groups is 2. The van der Waals surface area contributed by atoms with Crippen molar-refractivity contribution in [2.75, 3.05) is 7.11 Å². The zero-order chi connectivity index (χ0) is 9.14. The number of carbonyl (C=O) groups excluding carboxylic acids is 2. The molecule has 64 valence electrons. The molecule has 1 aliphatic heterocycles. The number of imide groups is 1. The quantitative estimate of drug-likeness (QED) is 0.368. The van der Waals surface area contributed by atoms with Gasteiger partial charge in [-0.15, -0.1) is 0 Å². The van der Waals surface area contributed by atoms with E-state index >= 15 is 0 Å². The number of amides is 3. The van der Waals surface area contributed by atoms with E-state index in [0.29, 0.717) is 0 Å². The zero-order valence-electron chi connectivity index (χ0n) is 6.20. The summed E-state index contributed by atoms with van der Waals surface area (Å²) >= 11 is 0. The molecule has 0 unspecified atom stereocenters. The van der Waals surface area contributed by atoms with Crippen molar-refractivity contribution in [2.24, 2.45) is 0 Å². The monoisotopic (exact) mass is 170 g/mol. The SMILES string of the molecule is CO[C@@H]1NC(=O)NC(=O)C1=[N+]=[N-]. The third-order valence-corrected chi connectivity index (χ3v) is 1.31. The fraction of sp³-hybridized carbons (Fsp3) is 0.400. The summed E-state index contributed by atoms with van der Waals surface area (Å²) in [7, 11) is 1.27. The lowest BCUT2D eigenvalue weighted by Crippen LogP contribution is -2.59. The molecule has 0 aromatic rings. The van der Waals surface area contributed by atoms with E-state index < -0.39 is 18.2 Å². The van der Waals surface area contributed by atoms with Gasteiger partial charge < -0.3 is 15.6 Å². The van der Waals surface area contributed by atoms with Crippen LogP contribution < -0.4 is 10.6 Å². The Kier molecular flexibility index (Phi) is 2.18. The van der Waals surface area contributed by atoms with E-state index in [1.807, 2.05) is 5.32 Å². The first-order valence-corrected chi connectivity index (χ1v) is 3.05. The number of methoxy groups -OCH3 is 1.